The van der Waals surface area contributed by atoms with Crippen LogP contribution >= 0.6 is 0 Å². The number of para-hydroxylation sites is 1. The third kappa shape index (κ3) is 2.40. The van der Waals surface area contributed by atoms with Gasteiger partial charge in [0.25, 0.3) is 0 Å². The second-order valence-corrected chi connectivity index (χ2v) is 4.21. The molecule has 18 heavy (non-hydrogen) atoms. The zero-order valence-electron chi connectivity index (χ0n) is 10.6. The van der Waals surface area contributed by atoms with Crippen LogP contribution in [0.4, 0.5) is 0 Å². The minimum Gasteiger partial charge on any atom is -0.459 e. The van der Waals surface area contributed by atoms with Gasteiger partial charge in [0.2, 0.25) is 0 Å². The molecule has 0 atom stereocenters. The zero-order chi connectivity index (χ0) is 13.0. The van der Waals surface area contributed by atoms with Crippen molar-refractivity contribution in [2.75, 3.05) is 13.1 Å². The molecule has 0 fully saturated rings. The first kappa shape index (κ1) is 12.7. The highest BCUT2D eigenvalue weighted by Crippen LogP contribution is 2.26. The van der Waals surface area contributed by atoms with E-state index in [1.165, 1.54) is 0 Å². The van der Waals surface area contributed by atoms with Gasteiger partial charge in [-0.25, -0.2) is 0 Å². The summed E-state index contributed by atoms with van der Waals surface area (Å²) in [6, 6.07) is 7.98. The predicted octanol–water partition coefficient (Wildman–Crippen LogP) is 2.35. The maximum absolute atomic E-state index is 5.88. The molecule has 2 N–H and O–H groups in total. The molecule has 0 unspecified atom stereocenters. The number of benzene rings is 1. The molecule has 0 saturated carbocycles. The molecule has 2 rings (SSSR count). The van der Waals surface area contributed by atoms with E-state index >= 15 is 0 Å². The van der Waals surface area contributed by atoms with Gasteiger partial charge in [-0.1, -0.05) is 31.0 Å². The molecule has 94 valence electrons. The van der Waals surface area contributed by atoms with E-state index in [0.29, 0.717) is 19.6 Å². The van der Waals surface area contributed by atoms with E-state index in [2.05, 4.69) is 17.7 Å². The number of rotatable bonds is 5. The van der Waals surface area contributed by atoms with Crippen LogP contribution in [0.25, 0.3) is 11.0 Å². The van der Waals surface area contributed by atoms with E-state index in [-0.39, 0.29) is 0 Å². The van der Waals surface area contributed by atoms with Crippen LogP contribution in [0.1, 0.15) is 18.2 Å². The summed E-state index contributed by atoms with van der Waals surface area (Å²) in [5.74, 6) is 3.59. The van der Waals surface area contributed by atoms with E-state index < -0.39 is 0 Å². The lowest BCUT2D eigenvalue weighted by molar-refractivity contribution is 0.288. The maximum Gasteiger partial charge on any atom is 0.134 e. The SMILES string of the molecule is C#CCN(CC)Cc1oc2ccccc2c1CN. The second kappa shape index (κ2) is 5.72. The van der Waals surface area contributed by atoms with E-state index in [1.807, 2.05) is 24.3 Å². The smallest absolute Gasteiger partial charge is 0.134 e. The summed E-state index contributed by atoms with van der Waals surface area (Å²) >= 11 is 0. The summed E-state index contributed by atoms with van der Waals surface area (Å²) in [7, 11) is 0. The van der Waals surface area contributed by atoms with Crippen LogP contribution in [-0.4, -0.2) is 18.0 Å². The van der Waals surface area contributed by atoms with E-state index in [4.69, 9.17) is 16.6 Å². The lowest BCUT2D eigenvalue weighted by Gasteiger charge is -2.16. The fourth-order valence-electron chi connectivity index (χ4n) is 2.11. The third-order valence-corrected chi connectivity index (χ3v) is 3.12. The second-order valence-electron chi connectivity index (χ2n) is 4.21. The van der Waals surface area contributed by atoms with Crippen LogP contribution in [0, 0.1) is 12.3 Å². The highest BCUT2D eigenvalue weighted by atomic mass is 16.3. The Bertz CT molecular complexity index is 565. The van der Waals surface area contributed by atoms with E-state index in [1.54, 1.807) is 0 Å². The molecule has 2 aromatic rings. The molecule has 0 spiro atoms. The van der Waals surface area contributed by atoms with Crippen molar-refractivity contribution in [1.82, 2.24) is 4.90 Å². The predicted molar refractivity (Wildman–Crippen MR) is 73.9 cm³/mol. The number of terminal acetylenes is 1. The van der Waals surface area contributed by atoms with Crippen molar-refractivity contribution in [3.8, 4) is 12.3 Å². The van der Waals surface area contributed by atoms with Crippen LogP contribution in [0.15, 0.2) is 28.7 Å². The molecular formula is C15H18N2O. The van der Waals surface area contributed by atoms with Crippen molar-refractivity contribution in [3.05, 3.63) is 35.6 Å². The van der Waals surface area contributed by atoms with Crippen LogP contribution in [-0.2, 0) is 13.1 Å². The Labute approximate surface area is 108 Å². The summed E-state index contributed by atoms with van der Waals surface area (Å²) in [6.45, 7) is 4.80. The zero-order valence-corrected chi connectivity index (χ0v) is 10.6. The summed E-state index contributed by atoms with van der Waals surface area (Å²) in [5.41, 5.74) is 7.81. The summed E-state index contributed by atoms with van der Waals surface area (Å²) in [5, 5.41) is 1.10. The summed E-state index contributed by atoms with van der Waals surface area (Å²) < 4.78 is 5.88. The van der Waals surface area contributed by atoms with Crippen LogP contribution < -0.4 is 5.73 Å². The van der Waals surface area contributed by atoms with Gasteiger partial charge in [-0.2, -0.15) is 0 Å². The van der Waals surface area contributed by atoms with E-state index in [9.17, 15) is 0 Å². The Morgan fingerprint density at radius 3 is 2.83 bits per heavy atom. The maximum atomic E-state index is 5.88. The lowest BCUT2D eigenvalue weighted by Crippen LogP contribution is -2.23. The molecule has 1 aromatic carbocycles. The molecule has 3 heteroatoms. The summed E-state index contributed by atoms with van der Waals surface area (Å²) in [6.07, 6.45) is 5.36. The molecule has 3 nitrogen and oxygen atoms in total. The standard InChI is InChI=1S/C15H18N2O/c1-3-9-17(4-2)11-15-13(10-16)12-7-5-6-8-14(12)18-15/h1,5-8H,4,9-11,16H2,2H3. The van der Waals surface area contributed by atoms with Gasteiger partial charge in [0, 0.05) is 17.5 Å². The number of nitrogens with zero attached hydrogens (tertiary/aromatic N) is 1. The minimum absolute atomic E-state index is 0.486. The van der Waals surface area contributed by atoms with Crippen LogP contribution in [0.5, 0.6) is 0 Å². The molecule has 0 aliphatic rings. The first-order valence-corrected chi connectivity index (χ1v) is 6.15. The molecular weight excluding hydrogens is 224 g/mol. The fourth-order valence-corrected chi connectivity index (χ4v) is 2.11. The van der Waals surface area contributed by atoms with Gasteiger partial charge < -0.3 is 10.2 Å². The van der Waals surface area contributed by atoms with Gasteiger partial charge in [0.1, 0.15) is 11.3 Å². The topological polar surface area (TPSA) is 42.4 Å². The van der Waals surface area contributed by atoms with Crippen molar-refractivity contribution in [2.45, 2.75) is 20.0 Å². The number of hydrogen-bond donors (Lipinski definition) is 1. The molecule has 0 saturated heterocycles. The number of hydrogen-bond acceptors (Lipinski definition) is 3. The molecule has 0 radical (unpaired) electrons. The Morgan fingerprint density at radius 2 is 2.17 bits per heavy atom. The molecule has 0 aliphatic heterocycles. The van der Waals surface area contributed by atoms with Gasteiger partial charge in [0.15, 0.2) is 0 Å². The Kier molecular flexibility index (Phi) is 4.03. The fraction of sp³-hybridized carbons (Fsp3) is 0.333. The lowest BCUT2D eigenvalue weighted by atomic mass is 10.1. The van der Waals surface area contributed by atoms with Gasteiger partial charge >= 0.3 is 0 Å². The average Bonchev–Trinajstić information content (AvgIpc) is 2.75. The average molecular weight is 242 g/mol. The molecule has 1 aromatic heterocycles. The minimum atomic E-state index is 0.486. The van der Waals surface area contributed by atoms with Crippen molar-refractivity contribution < 1.29 is 4.42 Å². The van der Waals surface area contributed by atoms with E-state index in [0.717, 1.165) is 28.8 Å². The normalized spacial score (nSPS) is 11.0. The number of fused-ring (bicyclic) bond motifs is 1. The molecule has 0 aliphatic carbocycles. The third-order valence-electron chi connectivity index (χ3n) is 3.12. The summed E-state index contributed by atoms with van der Waals surface area (Å²) in [4.78, 5) is 2.15. The van der Waals surface area contributed by atoms with Crippen LogP contribution in [0.2, 0.25) is 0 Å². The molecule has 1 heterocycles. The Hall–Kier alpha value is -1.76. The van der Waals surface area contributed by atoms with Crippen molar-refractivity contribution >= 4 is 11.0 Å². The number of nitrogens with two attached hydrogens (primary N) is 1. The van der Waals surface area contributed by atoms with Crippen LogP contribution in [0.3, 0.4) is 0 Å². The van der Waals surface area contributed by atoms with Gasteiger partial charge in [-0.15, -0.1) is 6.42 Å². The van der Waals surface area contributed by atoms with Crippen molar-refractivity contribution in [3.63, 3.8) is 0 Å². The number of furan rings is 1. The van der Waals surface area contributed by atoms with Gasteiger partial charge in [0.05, 0.1) is 13.1 Å². The van der Waals surface area contributed by atoms with Gasteiger partial charge in [-0.3, -0.25) is 4.90 Å². The first-order valence-electron chi connectivity index (χ1n) is 6.15. The van der Waals surface area contributed by atoms with Crippen molar-refractivity contribution in [2.24, 2.45) is 5.73 Å². The molecule has 0 bridgehead atoms. The van der Waals surface area contributed by atoms with Crippen molar-refractivity contribution in [1.29, 1.82) is 0 Å². The molecule has 0 amide bonds. The first-order chi connectivity index (χ1) is 8.80. The highest BCUT2D eigenvalue weighted by molar-refractivity contribution is 5.82. The Balaban J connectivity index is 2.35. The quantitative estimate of drug-likeness (QED) is 0.818. The largest absolute Gasteiger partial charge is 0.459 e. The monoisotopic (exact) mass is 242 g/mol. The highest BCUT2D eigenvalue weighted by Gasteiger charge is 2.14. The van der Waals surface area contributed by atoms with Gasteiger partial charge in [-0.05, 0) is 12.6 Å². The Morgan fingerprint density at radius 1 is 1.39 bits per heavy atom.